The van der Waals surface area contributed by atoms with E-state index in [1.54, 1.807) is 45.2 Å². The molecule has 0 aliphatic carbocycles. The van der Waals surface area contributed by atoms with Crippen LogP contribution in [0.15, 0.2) is 16.1 Å². The Morgan fingerprint density at radius 3 is 1.11 bits per heavy atom. The van der Waals surface area contributed by atoms with Gasteiger partial charge in [-0.15, -0.1) is 0 Å². The Balaban J connectivity index is 0. The number of hydrogen-bond donors (Lipinski definition) is 0. The van der Waals surface area contributed by atoms with Crippen LogP contribution in [0.25, 0.3) is 0 Å². The number of esters is 4. The molecular weight excluding hydrogens is 830 g/mol. The van der Waals surface area contributed by atoms with E-state index in [0.29, 0.717) is 38.3 Å². The SMILES string of the molecule is CC(C)CCOC(=O)/C(Br)=C(/Br)C(=O)OCCC(C)C.CCCOC(=O)/C(I)=C(/I)C(=O)OCCC. The molecule has 12 heteroatoms. The third-order valence-corrected chi connectivity index (χ3v) is 8.80. The number of ether oxygens (including phenoxy) is 4. The summed E-state index contributed by atoms with van der Waals surface area (Å²) in [5.74, 6) is -1.18. The highest BCUT2D eigenvalue weighted by atomic mass is 127. The summed E-state index contributed by atoms with van der Waals surface area (Å²) in [6.07, 6.45) is 3.07. The average molecular weight is 866 g/mol. The lowest BCUT2D eigenvalue weighted by Crippen LogP contribution is -2.13. The summed E-state index contributed by atoms with van der Waals surface area (Å²) in [5.41, 5.74) is 0. The van der Waals surface area contributed by atoms with Crippen LogP contribution in [0.3, 0.4) is 0 Å². The van der Waals surface area contributed by atoms with Gasteiger partial charge in [-0.05, 0) is 115 Å². The first-order valence-corrected chi connectivity index (χ1v) is 15.3. The quantitative estimate of drug-likeness (QED) is 0.0786. The number of hydrogen-bond acceptors (Lipinski definition) is 8. The van der Waals surface area contributed by atoms with Gasteiger partial charge in [0.05, 0.1) is 26.4 Å². The summed E-state index contributed by atoms with van der Waals surface area (Å²) >= 11 is 9.70. The fraction of sp³-hybridized carbons (Fsp3) is 0.667. The predicted molar refractivity (Wildman–Crippen MR) is 163 cm³/mol. The van der Waals surface area contributed by atoms with E-state index < -0.39 is 23.9 Å². The van der Waals surface area contributed by atoms with Crippen LogP contribution in [0, 0.1) is 11.8 Å². The van der Waals surface area contributed by atoms with E-state index in [0.717, 1.165) is 25.7 Å². The highest BCUT2D eigenvalue weighted by molar-refractivity contribution is 14.1. The van der Waals surface area contributed by atoms with Gasteiger partial charge in [-0.3, -0.25) is 0 Å². The first kappa shape index (κ1) is 37.9. The second-order valence-electron chi connectivity index (χ2n) is 8.16. The second-order valence-corrected chi connectivity index (χ2v) is 11.9. The third kappa shape index (κ3) is 18.9. The van der Waals surface area contributed by atoms with Gasteiger partial charge in [0.1, 0.15) is 16.1 Å². The number of carbonyl (C=O) groups is 4. The van der Waals surface area contributed by atoms with Gasteiger partial charge in [0.25, 0.3) is 0 Å². The van der Waals surface area contributed by atoms with Crippen molar-refractivity contribution in [1.29, 1.82) is 0 Å². The molecule has 0 atom stereocenters. The molecule has 0 aromatic rings. The maximum atomic E-state index is 11.7. The Morgan fingerprint density at radius 2 is 0.861 bits per heavy atom. The lowest BCUT2D eigenvalue weighted by molar-refractivity contribution is -0.141. The Bertz CT molecular complexity index is 718. The van der Waals surface area contributed by atoms with Gasteiger partial charge >= 0.3 is 23.9 Å². The molecule has 0 radical (unpaired) electrons. The molecule has 0 aromatic carbocycles. The van der Waals surface area contributed by atoms with Crippen molar-refractivity contribution < 1.29 is 38.1 Å². The monoisotopic (exact) mass is 864 g/mol. The molecule has 0 unspecified atom stereocenters. The standard InChI is InChI=1S/C14H22Br2O4.C10H14I2O4/c1-9(2)5-7-19-13(17)11(15)12(16)14(18)20-8-6-10(3)4;1-3-5-15-9(13)7(11)8(12)10(14)16-6-4-2/h9-10H,5-8H2,1-4H3;3-6H2,1-2H3/b12-11-;8-7-. The summed E-state index contributed by atoms with van der Waals surface area (Å²) < 4.78 is 20.6. The lowest BCUT2D eigenvalue weighted by atomic mass is 10.1. The van der Waals surface area contributed by atoms with Crippen LogP contribution in [-0.4, -0.2) is 50.3 Å². The highest BCUT2D eigenvalue weighted by Gasteiger charge is 2.20. The van der Waals surface area contributed by atoms with Crippen molar-refractivity contribution in [3.8, 4) is 0 Å². The topological polar surface area (TPSA) is 105 Å². The van der Waals surface area contributed by atoms with Crippen molar-refractivity contribution in [2.75, 3.05) is 26.4 Å². The largest absolute Gasteiger partial charge is 0.462 e. The summed E-state index contributed by atoms with van der Waals surface area (Å²) in [7, 11) is 0. The zero-order chi connectivity index (χ0) is 28.3. The number of carbonyl (C=O) groups excluding carboxylic acids is 4. The molecule has 8 nitrogen and oxygen atoms in total. The third-order valence-electron chi connectivity index (χ3n) is 3.83. The highest BCUT2D eigenvalue weighted by Crippen LogP contribution is 2.22. The predicted octanol–water partition coefficient (Wildman–Crippen LogP) is 7.14. The van der Waals surface area contributed by atoms with E-state index in [-0.39, 0.29) is 16.1 Å². The Hall–Kier alpha value is -0.220. The van der Waals surface area contributed by atoms with Crippen molar-refractivity contribution in [1.82, 2.24) is 0 Å². The second kappa shape index (κ2) is 22.7. The van der Waals surface area contributed by atoms with Crippen molar-refractivity contribution >= 4 is 101 Å². The van der Waals surface area contributed by atoms with Gasteiger partial charge in [-0.1, -0.05) is 41.5 Å². The summed E-state index contributed by atoms with van der Waals surface area (Å²) in [4.78, 5) is 46.2. The van der Waals surface area contributed by atoms with E-state index >= 15 is 0 Å². The van der Waals surface area contributed by atoms with Crippen LogP contribution in [0.2, 0.25) is 0 Å². The van der Waals surface area contributed by atoms with Crippen molar-refractivity contribution in [2.24, 2.45) is 11.8 Å². The molecule has 0 heterocycles. The van der Waals surface area contributed by atoms with Gasteiger partial charge in [-0.2, -0.15) is 0 Å². The summed E-state index contributed by atoms with van der Waals surface area (Å²) in [5, 5.41) is 0. The Labute approximate surface area is 258 Å². The van der Waals surface area contributed by atoms with Crippen LogP contribution in [0.4, 0.5) is 0 Å². The van der Waals surface area contributed by atoms with E-state index in [4.69, 9.17) is 18.9 Å². The molecule has 0 aliphatic rings. The minimum absolute atomic E-state index is 0.0517. The van der Waals surface area contributed by atoms with E-state index in [1.165, 1.54) is 0 Å². The molecule has 0 aliphatic heterocycles. The van der Waals surface area contributed by atoms with E-state index in [2.05, 4.69) is 31.9 Å². The lowest BCUT2D eigenvalue weighted by Gasteiger charge is -2.09. The molecule has 208 valence electrons. The van der Waals surface area contributed by atoms with Gasteiger partial charge in [0.15, 0.2) is 0 Å². The van der Waals surface area contributed by atoms with Gasteiger partial charge in [0.2, 0.25) is 0 Å². The van der Waals surface area contributed by atoms with Gasteiger partial charge in [-0.25, -0.2) is 19.2 Å². The van der Waals surface area contributed by atoms with Crippen molar-refractivity contribution in [3.05, 3.63) is 16.1 Å². The smallest absolute Gasteiger partial charge is 0.346 e. The molecule has 0 amide bonds. The molecule has 0 rings (SSSR count). The molecular formula is C24H36Br2I2O8. The van der Waals surface area contributed by atoms with Crippen LogP contribution in [0.1, 0.15) is 67.2 Å². The molecule has 0 saturated heterocycles. The number of rotatable bonds is 14. The zero-order valence-corrected chi connectivity index (χ0v) is 29.1. The van der Waals surface area contributed by atoms with Crippen LogP contribution in [-0.2, 0) is 38.1 Å². The molecule has 0 N–H and O–H groups in total. The first-order valence-electron chi connectivity index (χ1n) is 11.6. The van der Waals surface area contributed by atoms with Crippen LogP contribution < -0.4 is 0 Å². The van der Waals surface area contributed by atoms with Crippen molar-refractivity contribution in [2.45, 2.75) is 67.2 Å². The summed E-state index contributed by atoms with van der Waals surface area (Å²) in [6, 6.07) is 0. The van der Waals surface area contributed by atoms with E-state index in [9.17, 15) is 19.2 Å². The molecule has 0 saturated carbocycles. The summed E-state index contributed by atoms with van der Waals surface area (Å²) in [6.45, 7) is 13.4. The maximum absolute atomic E-state index is 11.7. The fourth-order valence-electron chi connectivity index (χ4n) is 1.78. The first-order chi connectivity index (χ1) is 16.8. The van der Waals surface area contributed by atoms with Crippen molar-refractivity contribution in [3.63, 3.8) is 0 Å². The molecule has 36 heavy (non-hydrogen) atoms. The minimum Gasteiger partial charge on any atom is -0.462 e. The maximum Gasteiger partial charge on any atom is 0.346 e. The van der Waals surface area contributed by atoms with Gasteiger partial charge < -0.3 is 18.9 Å². The van der Waals surface area contributed by atoms with E-state index in [1.807, 2.05) is 41.5 Å². The molecule has 0 spiro atoms. The molecule has 0 fully saturated rings. The molecule has 0 bridgehead atoms. The molecule has 0 aromatic heterocycles. The minimum atomic E-state index is -0.571. The van der Waals surface area contributed by atoms with Gasteiger partial charge in [0, 0.05) is 0 Å². The fourth-order valence-corrected chi connectivity index (χ4v) is 3.08. The average Bonchev–Trinajstić information content (AvgIpc) is 2.83. The Morgan fingerprint density at radius 1 is 0.583 bits per heavy atom. The van der Waals surface area contributed by atoms with Crippen LogP contribution >= 0.6 is 77.0 Å². The normalized spacial score (nSPS) is 12.1. The van der Waals surface area contributed by atoms with Crippen LogP contribution in [0.5, 0.6) is 0 Å². The number of halogens is 4. The Kier molecular flexibility index (Phi) is 24.0. The zero-order valence-electron chi connectivity index (χ0n) is 21.6.